The molecule has 0 aliphatic carbocycles. The lowest BCUT2D eigenvalue weighted by Gasteiger charge is -2.24. The van der Waals surface area contributed by atoms with Gasteiger partial charge in [0.05, 0.1) is 29.1 Å². The number of nitrogens with two attached hydrogens (primary N) is 1. The summed E-state index contributed by atoms with van der Waals surface area (Å²) in [6, 6.07) is 11.9. The van der Waals surface area contributed by atoms with Crippen LogP contribution in [0.5, 0.6) is 5.88 Å². The predicted molar refractivity (Wildman–Crippen MR) is 95.5 cm³/mol. The normalized spacial score (nSPS) is 16.2. The van der Waals surface area contributed by atoms with Gasteiger partial charge in [-0.25, -0.2) is 4.68 Å². The molecule has 1 aromatic carbocycles. The Kier molecular flexibility index (Phi) is 3.55. The largest absolute Gasteiger partial charge is 0.422 e. The van der Waals surface area contributed by atoms with Gasteiger partial charge in [0, 0.05) is 18.3 Å². The van der Waals surface area contributed by atoms with Crippen LogP contribution >= 0.6 is 0 Å². The molecular formula is C19H18N6O. The fourth-order valence-corrected chi connectivity index (χ4v) is 3.37. The van der Waals surface area contributed by atoms with Crippen LogP contribution in [0.2, 0.25) is 0 Å². The van der Waals surface area contributed by atoms with Crippen LogP contribution in [0.4, 0.5) is 0 Å². The van der Waals surface area contributed by atoms with Crippen molar-refractivity contribution in [3.8, 4) is 17.6 Å². The second-order valence-electron chi connectivity index (χ2n) is 6.29. The first kappa shape index (κ1) is 16.0. The lowest BCUT2D eigenvalue weighted by molar-refractivity contribution is 0.367. The number of nitrogens with zero attached hydrogens (tertiary/aromatic N) is 5. The lowest BCUT2D eigenvalue weighted by Crippen LogP contribution is -2.22. The first-order chi connectivity index (χ1) is 12.5. The molecule has 3 aromatic rings. The number of allylic oxidation sites excluding steroid dienone is 1. The van der Waals surface area contributed by atoms with Gasteiger partial charge in [0.15, 0.2) is 0 Å². The molecule has 1 aliphatic rings. The Hall–Kier alpha value is -3.53. The minimum Gasteiger partial charge on any atom is -0.422 e. The van der Waals surface area contributed by atoms with Crippen LogP contribution in [0.25, 0.3) is 5.69 Å². The number of rotatable bonds is 2. The van der Waals surface area contributed by atoms with E-state index in [1.165, 1.54) is 0 Å². The Morgan fingerprint density at radius 1 is 1.23 bits per heavy atom. The van der Waals surface area contributed by atoms with Crippen molar-refractivity contribution in [2.45, 2.75) is 19.8 Å². The van der Waals surface area contributed by atoms with Gasteiger partial charge in [0.25, 0.3) is 0 Å². The van der Waals surface area contributed by atoms with Gasteiger partial charge in [0.1, 0.15) is 11.6 Å². The van der Waals surface area contributed by atoms with Gasteiger partial charge in [-0.05, 0) is 26.0 Å². The quantitative estimate of drug-likeness (QED) is 0.769. The highest BCUT2D eigenvalue weighted by Gasteiger charge is 2.37. The van der Waals surface area contributed by atoms with Crippen molar-refractivity contribution in [2.24, 2.45) is 12.8 Å². The van der Waals surface area contributed by atoms with Gasteiger partial charge >= 0.3 is 0 Å². The third-order valence-electron chi connectivity index (χ3n) is 4.82. The zero-order valence-corrected chi connectivity index (χ0v) is 14.8. The first-order valence-electron chi connectivity index (χ1n) is 8.24. The first-order valence-corrected chi connectivity index (χ1v) is 8.24. The smallest absolute Gasteiger partial charge is 0.229 e. The van der Waals surface area contributed by atoms with Gasteiger partial charge in [-0.2, -0.15) is 15.5 Å². The average Bonchev–Trinajstić information content (AvgIpc) is 3.15. The Morgan fingerprint density at radius 3 is 2.58 bits per heavy atom. The number of para-hydroxylation sites is 1. The number of benzene rings is 1. The molecule has 2 aromatic heterocycles. The maximum atomic E-state index is 9.71. The summed E-state index contributed by atoms with van der Waals surface area (Å²) < 4.78 is 9.36. The standard InChI is InChI=1S/C19H18N6O/c1-11-16-17(15-10-22-24(3)12(15)2)14(9-20)18(21)26-19(16)25(23-11)13-7-5-4-6-8-13/h4-8,10,17H,21H2,1-3H3. The third-order valence-corrected chi connectivity index (χ3v) is 4.82. The van der Waals surface area contributed by atoms with Crippen LogP contribution in [0.15, 0.2) is 48.0 Å². The highest BCUT2D eigenvalue weighted by Crippen LogP contribution is 2.45. The number of nitriles is 1. The predicted octanol–water partition coefficient (Wildman–Crippen LogP) is 2.44. The maximum absolute atomic E-state index is 9.71. The number of fused-ring (bicyclic) bond motifs is 1. The monoisotopic (exact) mass is 346 g/mol. The molecule has 7 nitrogen and oxygen atoms in total. The fraction of sp³-hybridized carbons (Fsp3) is 0.211. The number of hydrogen-bond acceptors (Lipinski definition) is 5. The molecule has 7 heteroatoms. The SMILES string of the molecule is Cc1nn(-c2ccccc2)c2c1C(c1cnn(C)c1C)C(C#N)=C(N)O2. The minimum atomic E-state index is -0.352. The topological polar surface area (TPSA) is 94.7 Å². The zero-order chi connectivity index (χ0) is 18.4. The second-order valence-corrected chi connectivity index (χ2v) is 6.29. The van der Waals surface area contributed by atoms with E-state index in [0.717, 1.165) is 28.2 Å². The van der Waals surface area contributed by atoms with Crippen molar-refractivity contribution in [2.75, 3.05) is 0 Å². The average molecular weight is 346 g/mol. The van der Waals surface area contributed by atoms with Gasteiger partial charge in [-0.15, -0.1) is 0 Å². The van der Waals surface area contributed by atoms with Crippen LogP contribution < -0.4 is 10.5 Å². The summed E-state index contributed by atoms with van der Waals surface area (Å²) in [6.07, 6.45) is 1.78. The van der Waals surface area contributed by atoms with E-state index in [4.69, 9.17) is 10.5 Å². The molecule has 1 aliphatic heterocycles. The molecule has 1 unspecified atom stereocenters. The van der Waals surface area contributed by atoms with Crippen LogP contribution in [0.3, 0.4) is 0 Å². The van der Waals surface area contributed by atoms with Crippen LogP contribution in [-0.4, -0.2) is 19.6 Å². The van der Waals surface area contributed by atoms with Gasteiger partial charge in [-0.1, -0.05) is 18.2 Å². The fourth-order valence-electron chi connectivity index (χ4n) is 3.37. The third kappa shape index (κ3) is 2.19. The Morgan fingerprint density at radius 2 is 1.96 bits per heavy atom. The molecule has 4 rings (SSSR count). The van der Waals surface area contributed by atoms with Gasteiger partial charge in [0.2, 0.25) is 11.8 Å². The van der Waals surface area contributed by atoms with Crippen LogP contribution in [0, 0.1) is 25.2 Å². The molecule has 0 radical (unpaired) electrons. The van der Waals surface area contributed by atoms with Crippen LogP contribution in [0.1, 0.15) is 28.4 Å². The summed E-state index contributed by atoms with van der Waals surface area (Å²) in [7, 11) is 1.87. The number of aromatic nitrogens is 4. The van der Waals surface area contributed by atoms with Crippen molar-refractivity contribution >= 4 is 0 Å². The van der Waals surface area contributed by atoms with E-state index >= 15 is 0 Å². The van der Waals surface area contributed by atoms with Gasteiger partial charge < -0.3 is 10.5 Å². The maximum Gasteiger partial charge on any atom is 0.229 e. The molecule has 0 bridgehead atoms. The molecule has 0 saturated heterocycles. The molecule has 3 heterocycles. The van der Waals surface area contributed by atoms with E-state index < -0.39 is 0 Å². The highest BCUT2D eigenvalue weighted by atomic mass is 16.5. The van der Waals surface area contributed by atoms with Crippen molar-refractivity contribution in [1.82, 2.24) is 19.6 Å². The van der Waals surface area contributed by atoms with Crippen molar-refractivity contribution in [3.63, 3.8) is 0 Å². The summed E-state index contributed by atoms with van der Waals surface area (Å²) >= 11 is 0. The lowest BCUT2D eigenvalue weighted by atomic mass is 9.84. The Balaban J connectivity index is 1.99. The van der Waals surface area contributed by atoms with E-state index in [1.54, 1.807) is 15.6 Å². The molecular weight excluding hydrogens is 328 g/mol. The molecule has 130 valence electrons. The minimum absolute atomic E-state index is 0.102. The summed E-state index contributed by atoms with van der Waals surface area (Å²) in [5.74, 6) is 0.290. The molecule has 2 N–H and O–H groups in total. The summed E-state index contributed by atoms with van der Waals surface area (Å²) in [5, 5.41) is 18.7. The van der Waals surface area contributed by atoms with Crippen molar-refractivity contribution in [1.29, 1.82) is 5.26 Å². The van der Waals surface area contributed by atoms with Crippen molar-refractivity contribution < 1.29 is 4.74 Å². The molecule has 0 saturated carbocycles. The Bertz CT molecular complexity index is 1070. The number of ether oxygens (including phenoxy) is 1. The molecule has 0 spiro atoms. The van der Waals surface area contributed by atoms with Crippen molar-refractivity contribution in [3.05, 3.63) is 70.5 Å². The zero-order valence-electron chi connectivity index (χ0n) is 14.8. The summed E-state index contributed by atoms with van der Waals surface area (Å²) in [5.41, 5.74) is 10.9. The molecule has 0 fully saturated rings. The number of aryl methyl sites for hydroxylation is 2. The highest BCUT2D eigenvalue weighted by molar-refractivity contribution is 5.57. The summed E-state index contributed by atoms with van der Waals surface area (Å²) in [6.45, 7) is 3.89. The Labute approximate surface area is 150 Å². The van der Waals surface area contributed by atoms with E-state index in [9.17, 15) is 5.26 Å². The van der Waals surface area contributed by atoms with E-state index in [2.05, 4.69) is 16.3 Å². The molecule has 1 atom stereocenters. The number of hydrogen-bond donors (Lipinski definition) is 1. The molecule has 0 amide bonds. The van der Waals surface area contributed by atoms with E-state index in [-0.39, 0.29) is 11.8 Å². The second kappa shape index (κ2) is 5.77. The van der Waals surface area contributed by atoms with E-state index in [0.29, 0.717) is 11.5 Å². The van der Waals surface area contributed by atoms with Gasteiger partial charge in [-0.3, -0.25) is 4.68 Å². The van der Waals surface area contributed by atoms with E-state index in [1.807, 2.05) is 51.2 Å². The van der Waals surface area contributed by atoms with Crippen LogP contribution in [-0.2, 0) is 7.05 Å². The molecule has 26 heavy (non-hydrogen) atoms. The summed E-state index contributed by atoms with van der Waals surface area (Å²) in [4.78, 5) is 0.